The van der Waals surface area contributed by atoms with Gasteiger partial charge in [0.15, 0.2) is 0 Å². The number of rotatable bonds is 1. The Labute approximate surface area is 105 Å². The Hall–Kier alpha value is -0.930. The minimum atomic E-state index is -0.143. The zero-order valence-electron chi connectivity index (χ0n) is 9.71. The van der Waals surface area contributed by atoms with Crippen LogP contribution in [0.4, 0.5) is 4.39 Å². The van der Waals surface area contributed by atoms with E-state index in [-0.39, 0.29) is 5.82 Å². The number of halogens is 1. The van der Waals surface area contributed by atoms with Gasteiger partial charge in [-0.3, -0.25) is 0 Å². The van der Waals surface area contributed by atoms with E-state index in [1.165, 1.54) is 35.3 Å². The van der Waals surface area contributed by atoms with Crippen LogP contribution in [0.15, 0.2) is 24.3 Å². The van der Waals surface area contributed by atoms with Crippen molar-refractivity contribution in [3.05, 3.63) is 35.0 Å². The SMILES string of the molecule is Fc1ccc2sc(C3CCCCCN3)cc2c1. The lowest BCUT2D eigenvalue weighted by atomic mass is 10.1. The van der Waals surface area contributed by atoms with E-state index in [0.29, 0.717) is 6.04 Å². The van der Waals surface area contributed by atoms with Crippen molar-refractivity contribution in [1.29, 1.82) is 0 Å². The number of fused-ring (bicyclic) bond motifs is 1. The molecule has 1 saturated heterocycles. The van der Waals surface area contributed by atoms with Gasteiger partial charge in [-0.2, -0.15) is 0 Å². The van der Waals surface area contributed by atoms with Crippen LogP contribution in [0.2, 0.25) is 0 Å². The first-order valence-corrected chi connectivity index (χ1v) is 7.07. The molecule has 2 aromatic rings. The third-order valence-electron chi connectivity index (χ3n) is 3.40. The van der Waals surface area contributed by atoms with Crippen molar-refractivity contribution >= 4 is 21.4 Å². The molecule has 17 heavy (non-hydrogen) atoms. The molecule has 1 N–H and O–H groups in total. The maximum absolute atomic E-state index is 13.1. The van der Waals surface area contributed by atoms with E-state index < -0.39 is 0 Å². The van der Waals surface area contributed by atoms with E-state index in [1.807, 2.05) is 6.07 Å². The molecule has 1 aromatic carbocycles. The van der Waals surface area contributed by atoms with Crippen LogP contribution in [0.1, 0.15) is 36.6 Å². The van der Waals surface area contributed by atoms with Gasteiger partial charge in [0.1, 0.15) is 5.82 Å². The fraction of sp³-hybridized carbons (Fsp3) is 0.429. The fourth-order valence-electron chi connectivity index (χ4n) is 2.48. The van der Waals surface area contributed by atoms with Crippen molar-refractivity contribution in [3.63, 3.8) is 0 Å². The molecule has 1 aliphatic heterocycles. The minimum Gasteiger partial charge on any atom is -0.309 e. The van der Waals surface area contributed by atoms with Gasteiger partial charge in [0.2, 0.25) is 0 Å². The van der Waals surface area contributed by atoms with Gasteiger partial charge in [0.25, 0.3) is 0 Å². The normalized spacial score (nSPS) is 21.6. The molecule has 0 amide bonds. The third-order valence-corrected chi connectivity index (χ3v) is 4.63. The highest BCUT2D eigenvalue weighted by Crippen LogP contribution is 2.33. The quantitative estimate of drug-likeness (QED) is 0.797. The van der Waals surface area contributed by atoms with Crippen LogP contribution in [0.25, 0.3) is 10.1 Å². The highest BCUT2D eigenvalue weighted by atomic mass is 32.1. The van der Waals surface area contributed by atoms with Gasteiger partial charge >= 0.3 is 0 Å². The molecular formula is C14H16FNS. The van der Waals surface area contributed by atoms with Crippen molar-refractivity contribution in [3.8, 4) is 0 Å². The molecule has 1 unspecified atom stereocenters. The summed E-state index contributed by atoms with van der Waals surface area (Å²) >= 11 is 1.79. The average molecular weight is 249 g/mol. The summed E-state index contributed by atoms with van der Waals surface area (Å²) in [6, 6.07) is 7.68. The highest BCUT2D eigenvalue weighted by molar-refractivity contribution is 7.19. The highest BCUT2D eigenvalue weighted by Gasteiger charge is 2.16. The molecule has 0 saturated carbocycles. The lowest BCUT2D eigenvalue weighted by Gasteiger charge is -2.12. The van der Waals surface area contributed by atoms with Gasteiger partial charge in [-0.25, -0.2) is 4.39 Å². The Kier molecular flexibility index (Phi) is 3.12. The van der Waals surface area contributed by atoms with Crippen LogP contribution in [0, 0.1) is 5.82 Å². The molecule has 2 heterocycles. The molecule has 3 rings (SSSR count). The zero-order valence-corrected chi connectivity index (χ0v) is 10.5. The summed E-state index contributed by atoms with van der Waals surface area (Å²) in [5.41, 5.74) is 0. The van der Waals surface area contributed by atoms with Crippen LogP contribution in [0.3, 0.4) is 0 Å². The van der Waals surface area contributed by atoms with Crippen molar-refractivity contribution in [2.45, 2.75) is 31.7 Å². The standard InChI is InChI=1S/C14H16FNS/c15-11-5-6-13-10(8-11)9-14(17-13)12-4-2-1-3-7-16-12/h5-6,8-9,12,16H,1-4,7H2. The molecule has 0 spiro atoms. The Balaban J connectivity index is 1.93. The first-order chi connectivity index (χ1) is 8.33. The number of benzene rings is 1. The van der Waals surface area contributed by atoms with Crippen LogP contribution >= 0.6 is 11.3 Å². The molecule has 1 aliphatic rings. The maximum Gasteiger partial charge on any atom is 0.123 e. The van der Waals surface area contributed by atoms with Gasteiger partial charge in [0, 0.05) is 15.6 Å². The molecule has 0 aliphatic carbocycles. The number of hydrogen-bond acceptors (Lipinski definition) is 2. The van der Waals surface area contributed by atoms with E-state index in [9.17, 15) is 4.39 Å². The Morgan fingerprint density at radius 1 is 1.18 bits per heavy atom. The fourth-order valence-corrected chi connectivity index (χ4v) is 3.63. The molecular weight excluding hydrogens is 233 g/mol. The molecule has 0 bridgehead atoms. The molecule has 3 heteroatoms. The predicted molar refractivity (Wildman–Crippen MR) is 71.0 cm³/mol. The van der Waals surface area contributed by atoms with E-state index >= 15 is 0 Å². The third kappa shape index (κ3) is 2.35. The second kappa shape index (κ2) is 4.75. The number of nitrogens with one attached hydrogen (secondary N) is 1. The van der Waals surface area contributed by atoms with Gasteiger partial charge in [-0.15, -0.1) is 11.3 Å². The average Bonchev–Trinajstić information content (AvgIpc) is 2.57. The van der Waals surface area contributed by atoms with E-state index in [1.54, 1.807) is 23.5 Å². The van der Waals surface area contributed by atoms with E-state index in [0.717, 1.165) is 11.9 Å². The molecule has 1 fully saturated rings. The van der Waals surface area contributed by atoms with Crippen LogP contribution in [-0.2, 0) is 0 Å². The van der Waals surface area contributed by atoms with E-state index in [4.69, 9.17) is 0 Å². The van der Waals surface area contributed by atoms with Gasteiger partial charge in [0.05, 0.1) is 0 Å². The summed E-state index contributed by atoms with van der Waals surface area (Å²) in [6.07, 6.45) is 5.09. The first kappa shape index (κ1) is 11.2. The summed E-state index contributed by atoms with van der Waals surface area (Å²) in [7, 11) is 0. The zero-order chi connectivity index (χ0) is 11.7. The lowest BCUT2D eigenvalue weighted by Crippen LogP contribution is -2.19. The number of thiophene rings is 1. The molecule has 0 radical (unpaired) electrons. The van der Waals surface area contributed by atoms with Gasteiger partial charge in [-0.05, 0) is 49.0 Å². The topological polar surface area (TPSA) is 12.0 Å². The second-order valence-corrected chi connectivity index (χ2v) is 5.80. The van der Waals surface area contributed by atoms with Crippen molar-refractivity contribution in [2.24, 2.45) is 0 Å². The van der Waals surface area contributed by atoms with Gasteiger partial charge < -0.3 is 5.32 Å². The summed E-state index contributed by atoms with van der Waals surface area (Å²) in [6.45, 7) is 1.10. The molecule has 1 atom stereocenters. The second-order valence-electron chi connectivity index (χ2n) is 4.69. The number of hydrogen-bond donors (Lipinski definition) is 1. The molecule has 1 nitrogen and oxygen atoms in total. The van der Waals surface area contributed by atoms with Crippen molar-refractivity contribution in [2.75, 3.05) is 6.54 Å². The van der Waals surface area contributed by atoms with E-state index in [2.05, 4.69) is 11.4 Å². The van der Waals surface area contributed by atoms with Crippen LogP contribution in [-0.4, -0.2) is 6.54 Å². The summed E-state index contributed by atoms with van der Waals surface area (Å²) in [4.78, 5) is 1.35. The Morgan fingerprint density at radius 3 is 3.06 bits per heavy atom. The smallest absolute Gasteiger partial charge is 0.123 e. The summed E-state index contributed by atoms with van der Waals surface area (Å²) in [5.74, 6) is -0.143. The first-order valence-electron chi connectivity index (χ1n) is 6.25. The maximum atomic E-state index is 13.1. The summed E-state index contributed by atoms with van der Waals surface area (Å²) in [5, 5.41) is 4.63. The van der Waals surface area contributed by atoms with Crippen molar-refractivity contribution < 1.29 is 4.39 Å². The minimum absolute atomic E-state index is 0.143. The van der Waals surface area contributed by atoms with Gasteiger partial charge in [-0.1, -0.05) is 12.8 Å². The predicted octanol–water partition coefficient (Wildman–Crippen LogP) is 4.25. The Bertz CT molecular complexity index is 512. The summed E-state index contributed by atoms with van der Waals surface area (Å²) < 4.78 is 14.3. The van der Waals surface area contributed by atoms with Crippen molar-refractivity contribution in [1.82, 2.24) is 5.32 Å². The Morgan fingerprint density at radius 2 is 2.12 bits per heavy atom. The monoisotopic (exact) mass is 249 g/mol. The largest absolute Gasteiger partial charge is 0.309 e. The lowest BCUT2D eigenvalue weighted by molar-refractivity contribution is 0.543. The molecule has 1 aromatic heterocycles. The molecule has 90 valence electrons. The van der Waals surface area contributed by atoms with Crippen LogP contribution in [0.5, 0.6) is 0 Å². The van der Waals surface area contributed by atoms with Crippen LogP contribution < -0.4 is 5.32 Å².